The summed E-state index contributed by atoms with van der Waals surface area (Å²) < 4.78 is 53.8. The molecule has 1 N–H and O–H groups in total. The van der Waals surface area contributed by atoms with Crippen molar-refractivity contribution < 1.29 is 24.3 Å². The van der Waals surface area contributed by atoms with Crippen LogP contribution in [-0.2, 0) is 4.79 Å². The lowest BCUT2D eigenvalue weighted by Gasteiger charge is -2.06. The van der Waals surface area contributed by atoms with Gasteiger partial charge < -0.3 is 5.11 Å². The lowest BCUT2D eigenvalue weighted by molar-refractivity contribution is -0.138. The zero-order valence-corrected chi connectivity index (χ0v) is 9.80. The number of hydrogen-bond donors (Lipinski definition) is 1. The van der Waals surface area contributed by atoms with Gasteiger partial charge in [0.15, 0.2) is 0 Å². The number of carboxylic acids is 1. The summed E-state index contributed by atoms with van der Waals surface area (Å²) in [5.74, 6) is -4.76. The van der Waals surface area contributed by atoms with E-state index in [0.29, 0.717) is 0 Å². The van der Waals surface area contributed by atoms with E-state index in [1.807, 2.05) is 0 Å². The van der Waals surface area contributed by atoms with Crippen molar-refractivity contribution >= 4 is 23.1 Å². The lowest BCUT2D eigenvalue weighted by Crippen LogP contribution is -2.07. The van der Waals surface area contributed by atoms with Crippen molar-refractivity contribution in [1.29, 1.82) is 0 Å². The Balaban J connectivity index is 2.76. The van der Waals surface area contributed by atoms with Gasteiger partial charge in [0.1, 0.15) is 0 Å². The smallest absolute Gasteiger partial charge is 0.310 e. The summed E-state index contributed by atoms with van der Waals surface area (Å²) in [7, 11) is 0. The Kier molecular flexibility index (Phi) is 1.80. The molecule has 92 valence electrons. The second-order valence-corrected chi connectivity index (χ2v) is 4.31. The number of aliphatic carboxylic acids is 1. The first-order valence-electron chi connectivity index (χ1n) is 8.39. The third kappa shape index (κ3) is 2.49. The number of benzene rings is 1. The fraction of sp³-hybridized carbons (Fsp3) is 0.143. The van der Waals surface area contributed by atoms with Gasteiger partial charge in [0, 0.05) is 9.68 Å². The summed E-state index contributed by atoms with van der Waals surface area (Å²) in [6, 6.07) is -0.170. The molecule has 2 aromatic rings. The highest BCUT2D eigenvalue weighted by Gasteiger charge is 2.15. The van der Waals surface area contributed by atoms with Gasteiger partial charge in [-0.2, -0.15) is 0 Å². The number of carbonyl (C=O) groups is 2. The molecule has 0 amide bonds. The van der Waals surface area contributed by atoms with Crippen LogP contribution in [0.2, 0.25) is 0 Å². The van der Waals surface area contributed by atoms with E-state index in [1.165, 1.54) is 6.07 Å². The van der Waals surface area contributed by atoms with Crippen LogP contribution >= 0.6 is 11.3 Å². The molecule has 0 bridgehead atoms. The molecule has 0 aliphatic heterocycles. The molecule has 0 saturated carbocycles. The van der Waals surface area contributed by atoms with Crippen molar-refractivity contribution in [1.82, 2.24) is 0 Å². The van der Waals surface area contributed by atoms with Crippen molar-refractivity contribution in [3.05, 3.63) is 57.7 Å². The molecular weight excluding hydrogens is 248 g/mol. The summed E-state index contributed by atoms with van der Waals surface area (Å²) in [6.45, 7) is -3.07. The Morgan fingerprint density at radius 3 is 2.61 bits per heavy atom. The Morgan fingerprint density at radius 2 is 2.11 bits per heavy atom. The van der Waals surface area contributed by atoms with Gasteiger partial charge in [-0.25, -0.2) is 0 Å². The van der Waals surface area contributed by atoms with Gasteiger partial charge in [-0.1, -0.05) is 30.2 Å². The number of ketones is 1. The van der Waals surface area contributed by atoms with Gasteiger partial charge in [0.2, 0.25) is 5.78 Å². The summed E-state index contributed by atoms with van der Waals surface area (Å²) in [5.41, 5.74) is -1.28. The van der Waals surface area contributed by atoms with E-state index in [1.54, 1.807) is 11.4 Å². The summed E-state index contributed by atoms with van der Waals surface area (Å²) >= 11 is 1.05. The first-order valence-corrected chi connectivity index (χ1v) is 5.77. The monoisotopic (exact) mass is 267 g/mol. The second kappa shape index (κ2) is 5.14. The Bertz CT molecular complexity index is 814. The number of carboxylic acid groups (broad SMARTS) is 1. The van der Waals surface area contributed by atoms with Gasteiger partial charge >= 0.3 is 5.97 Å². The third-order valence-electron chi connectivity index (χ3n) is 2.15. The number of hydrogen-bond acceptors (Lipinski definition) is 3. The van der Waals surface area contributed by atoms with Crippen LogP contribution in [0.5, 0.6) is 0 Å². The van der Waals surface area contributed by atoms with Gasteiger partial charge in [-0.15, -0.1) is 11.3 Å². The van der Waals surface area contributed by atoms with Crippen molar-refractivity contribution in [2.45, 2.75) is 12.8 Å². The molecule has 1 aromatic heterocycles. The van der Waals surface area contributed by atoms with E-state index in [-0.39, 0.29) is 4.88 Å². The predicted molar refractivity (Wildman–Crippen MR) is 70.2 cm³/mol. The van der Waals surface area contributed by atoms with E-state index in [2.05, 4.69) is 0 Å². The Labute approximate surface area is 119 Å². The van der Waals surface area contributed by atoms with Crippen LogP contribution in [0.25, 0.3) is 0 Å². The first-order chi connectivity index (χ1) is 11.5. The van der Waals surface area contributed by atoms with Crippen LogP contribution in [0.15, 0.2) is 41.7 Å². The molecule has 0 fully saturated rings. The molecule has 0 aliphatic rings. The zero-order chi connectivity index (χ0) is 19.1. The van der Waals surface area contributed by atoms with Crippen LogP contribution in [0.4, 0.5) is 0 Å². The molecule has 0 saturated heterocycles. The van der Waals surface area contributed by atoms with E-state index < -0.39 is 59.8 Å². The maximum absolute atomic E-state index is 12.4. The molecule has 4 heteroatoms. The SMILES string of the molecule is [2H]c1c([2H])c(C(C(=O)O)C([2H])([2H])[2H])c([2H])c([2H])c1C(=O)c1cccs1. The van der Waals surface area contributed by atoms with Crippen LogP contribution in [0, 0.1) is 0 Å². The summed E-state index contributed by atoms with van der Waals surface area (Å²) in [5, 5.41) is 10.8. The highest BCUT2D eigenvalue weighted by Crippen LogP contribution is 2.19. The van der Waals surface area contributed by atoms with E-state index in [0.717, 1.165) is 11.3 Å². The molecule has 1 heterocycles. The fourth-order valence-electron chi connectivity index (χ4n) is 1.23. The van der Waals surface area contributed by atoms with Gasteiger partial charge in [-0.05, 0) is 23.9 Å². The van der Waals surface area contributed by atoms with E-state index >= 15 is 0 Å². The minimum Gasteiger partial charge on any atom is -0.481 e. The normalized spacial score (nSPS) is 18.3. The standard InChI is InChI=1S/C14H12O3S/c1-9(14(16)17)10-4-6-11(7-5-10)13(15)12-3-2-8-18-12/h2-9H,1H3,(H,16,17)/i1D3,4D,5D,6D,7D. The van der Waals surface area contributed by atoms with Gasteiger partial charge in [0.05, 0.1) is 16.3 Å². The van der Waals surface area contributed by atoms with E-state index in [4.69, 9.17) is 9.60 Å². The van der Waals surface area contributed by atoms with E-state index in [9.17, 15) is 14.7 Å². The largest absolute Gasteiger partial charge is 0.481 e. The number of rotatable bonds is 4. The topological polar surface area (TPSA) is 54.4 Å². The zero-order valence-electron chi connectivity index (χ0n) is 16.0. The minimum absolute atomic E-state index is 0.194. The maximum Gasteiger partial charge on any atom is 0.310 e. The first kappa shape index (κ1) is 6.29. The maximum atomic E-state index is 12.4. The van der Waals surface area contributed by atoms with Crippen molar-refractivity contribution in [3.8, 4) is 0 Å². The average Bonchev–Trinajstić information content (AvgIpc) is 3.02. The average molecular weight is 267 g/mol. The van der Waals surface area contributed by atoms with Crippen molar-refractivity contribution in [3.63, 3.8) is 0 Å². The Hall–Kier alpha value is -1.94. The second-order valence-electron chi connectivity index (χ2n) is 3.37. The Morgan fingerprint density at radius 1 is 1.39 bits per heavy atom. The molecule has 1 unspecified atom stereocenters. The molecule has 0 spiro atoms. The highest BCUT2D eigenvalue weighted by molar-refractivity contribution is 7.12. The van der Waals surface area contributed by atoms with Crippen LogP contribution in [0.3, 0.4) is 0 Å². The molecule has 0 aliphatic carbocycles. The molecule has 3 nitrogen and oxygen atoms in total. The summed E-state index contributed by atoms with van der Waals surface area (Å²) in [6.07, 6.45) is 0. The predicted octanol–water partition coefficient (Wildman–Crippen LogP) is 3.17. The molecule has 1 atom stereocenters. The van der Waals surface area contributed by atoms with Gasteiger partial charge in [-0.3, -0.25) is 9.59 Å². The highest BCUT2D eigenvalue weighted by atomic mass is 32.1. The lowest BCUT2D eigenvalue weighted by atomic mass is 9.99. The number of carbonyl (C=O) groups excluding carboxylic acids is 1. The number of thiophene rings is 1. The summed E-state index contributed by atoms with van der Waals surface area (Å²) in [4.78, 5) is 24.0. The molecule has 0 radical (unpaired) electrons. The third-order valence-corrected chi connectivity index (χ3v) is 3.02. The minimum atomic E-state index is -3.07. The van der Waals surface area contributed by atoms with Crippen LogP contribution in [-0.4, -0.2) is 16.9 Å². The molecular formula is C14H12O3S. The molecule has 2 rings (SSSR count). The van der Waals surface area contributed by atoms with Crippen LogP contribution in [0.1, 0.15) is 43.2 Å². The molecule has 18 heavy (non-hydrogen) atoms. The fourth-order valence-corrected chi connectivity index (χ4v) is 1.90. The van der Waals surface area contributed by atoms with Gasteiger partial charge in [0.25, 0.3) is 0 Å². The van der Waals surface area contributed by atoms with Crippen LogP contribution < -0.4 is 0 Å². The van der Waals surface area contributed by atoms with Crippen molar-refractivity contribution in [2.75, 3.05) is 0 Å². The van der Waals surface area contributed by atoms with Crippen molar-refractivity contribution in [2.24, 2.45) is 0 Å². The molecule has 1 aromatic carbocycles. The quantitative estimate of drug-likeness (QED) is 0.866.